The summed E-state index contributed by atoms with van der Waals surface area (Å²) in [5.41, 5.74) is 5.31. The number of rotatable bonds is 8. The number of nitrogens with one attached hydrogen (secondary N) is 1. The quantitative estimate of drug-likeness (QED) is 0.714. The fourth-order valence-electron chi connectivity index (χ4n) is 3.82. The average Bonchev–Trinajstić information content (AvgIpc) is 3.10. The highest BCUT2D eigenvalue weighted by Gasteiger charge is 2.51. The second-order valence-corrected chi connectivity index (χ2v) is 6.91. The zero-order chi connectivity index (χ0) is 14.8. The topological polar surface area (TPSA) is 58.4 Å². The molecule has 0 spiro atoms. The lowest BCUT2D eigenvalue weighted by Crippen LogP contribution is -2.65. The summed E-state index contributed by atoms with van der Waals surface area (Å²) < 4.78 is 0. The van der Waals surface area contributed by atoms with E-state index in [1.54, 1.807) is 0 Å². The summed E-state index contributed by atoms with van der Waals surface area (Å²) in [6.07, 6.45) is 7.46. The monoisotopic (exact) mass is 281 g/mol. The van der Waals surface area contributed by atoms with Crippen LogP contribution in [-0.4, -0.2) is 41.5 Å². The molecule has 1 atom stereocenters. The van der Waals surface area contributed by atoms with Crippen LogP contribution < -0.4 is 11.1 Å². The van der Waals surface area contributed by atoms with E-state index < -0.39 is 5.54 Å². The van der Waals surface area contributed by atoms with Gasteiger partial charge in [-0.05, 0) is 52.0 Å². The van der Waals surface area contributed by atoms with E-state index in [9.17, 15) is 4.79 Å². The highest BCUT2D eigenvalue weighted by atomic mass is 16.1. The molecule has 20 heavy (non-hydrogen) atoms. The summed E-state index contributed by atoms with van der Waals surface area (Å²) in [7, 11) is 0. The van der Waals surface area contributed by atoms with E-state index in [0.29, 0.717) is 12.0 Å². The molecule has 3 N–H and O–H groups in total. The van der Waals surface area contributed by atoms with Crippen LogP contribution in [0, 0.1) is 5.92 Å². The number of hydrogen-bond acceptors (Lipinski definition) is 3. The molecule has 2 rings (SSSR count). The smallest absolute Gasteiger partial charge is 0.239 e. The maximum Gasteiger partial charge on any atom is 0.239 e. The van der Waals surface area contributed by atoms with Gasteiger partial charge in [-0.15, -0.1) is 0 Å². The largest absolute Gasteiger partial charge is 0.368 e. The molecular formula is C16H31N3O. The number of likely N-dealkylation sites (N-methyl/N-ethyl adjacent to an activating group) is 1. The van der Waals surface area contributed by atoms with Gasteiger partial charge in [0.05, 0.1) is 0 Å². The first-order chi connectivity index (χ1) is 9.49. The van der Waals surface area contributed by atoms with Gasteiger partial charge in [0.1, 0.15) is 5.54 Å². The van der Waals surface area contributed by atoms with Gasteiger partial charge in [0.25, 0.3) is 0 Å². The maximum atomic E-state index is 12.2. The molecule has 0 saturated heterocycles. The van der Waals surface area contributed by atoms with E-state index in [-0.39, 0.29) is 11.9 Å². The van der Waals surface area contributed by atoms with Gasteiger partial charge < -0.3 is 5.73 Å². The summed E-state index contributed by atoms with van der Waals surface area (Å²) in [6, 6.07) is 0.928. The maximum absolute atomic E-state index is 12.2. The zero-order valence-electron chi connectivity index (χ0n) is 13.3. The van der Waals surface area contributed by atoms with Gasteiger partial charge in [-0.2, -0.15) is 0 Å². The van der Waals surface area contributed by atoms with Crippen LogP contribution in [0.25, 0.3) is 0 Å². The fraction of sp³-hybridized carbons (Fsp3) is 0.938. The van der Waals surface area contributed by atoms with Crippen molar-refractivity contribution in [2.75, 3.05) is 13.1 Å². The molecular weight excluding hydrogens is 250 g/mol. The Morgan fingerprint density at radius 1 is 1.30 bits per heavy atom. The van der Waals surface area contributed by atoms with Crippen molar-refractivity contribution in [3.05, 3.63) is 0 Å². The van der Waals surface area contributed by atoms with E-state index in [0.717, 1.165) is 25.9 Å². The van der Waals surface area contributed by atoms with Gasteiger partial charge in [-0.25, -0.2) is 0 Å². The van der Waals surface area contributed by atoms with Crippen molar-refractivity contribution in [3.63, 3.8) is 0 Å². The SMILES string of the molecule is CCN(CC(NC(C)C)(C(N)=O)C1CC1)C1CCCC1. The van der Waals surface area contributed by atoms with Crippen LogP contribution in [0.1, 0.15) is 59.3 Å². The van der Waals surface area contributed by atoms with Crippen molar-refractivity contribution in [3.8, 4) is 0 Å². The second-order valence-electron chi connectivity index (χ2n) is 6.91. The van der Waals surface area contributed by atoms with Crippen molar-refractivity contribution in [2.24, 2.45) is 11.7 Å². The second kappa shape index (κ2) is 6.44. The van der Waals surface area contributed by atoms with Gasteiger partial charge >= 0.3 is 0 Å². The van der Waals surface area contributed by atoms with Crippen LogP contribution in [0.3, 0.4) is 0 Å². The van der Waals surface area contributed by atoms with Crippen LogP contribution in [0.5, 0.6) is 0 Å². The van der Waals surface area contributed by atoms with Crippen molar-refractivity contribution in [1.29, 1.82) is 0 Å². The molecule has 0 aromatic heterocycles. The normalized spacial score (nSPS) is 23.4. The first kappa shape index (κ1) is 15.8. The number of nitrogens with two attached hydrogens (primary N) is 1. The Morgan fingerprint density at radius 3 is 2.30 bits per heavy atom. The minimum atomic E-state index is -0.521. The molecule has 0 radical (unpaired) electrons. The number of hydrogen-bond donors (Lipinski definition) is 2. The number of primary amides is 1. The lowest BCUT2D eigenvalue weighted by atomic mass is 9.89. The molecule has 2 aliphatic rings. The van der Waals surface area contributed by atoms with Crippen LogP contribution in [0.4, 0.5) is 0 Å². The third-order valence-electron chi connectivity index (χ3n) is 4.96. The van der Waals surface area contributed by atoms with Gasteiger partial charge in [-0.1, -0.05) is 19.8 Å². The Labute approximate surface area is 123 Å². The van der Waals surface area contributed by atoms with Crippen LogP contribution in [0.15, 0.2) is 0 Å². The van der Waals surface area contributed by atoms with Gasteiger partial charge in [-0.3, -0.25) is 15.0 Å². The number of nitrogens with zero attached hydrogens (tertiary/aromatic N) is 1. The summed E-state index contributed by atoms with van der Waals surface area (Å²) >= 11 is 0. The molecule has 0 aromatic carbocycles. The molecule has 4 heteroatoms. The minimum Gasteiger partial charge on any atom is -0.368 e. The molecule has 116 valence electrons. The highest BCUT2D eigenvalue weighted by molar-refractivity contribution is 5.86. The molecule has 2 fully saturated rings. The highest BCUT2D eigenvalue weighted by Crippen LogP contribution is 2.41. The van der Waals surface area contributed by atoms with E-state index in [2.05, 4.69) is 31.0 Å². The molecule has 2 aliphatic carbocycles. The average molecular weight is 281 g/mol. The lowest BCUT2D eigenvalue weighted by Gasteiger charge is -2.40. The number of amides is 1. The number of carbonyl (C=O) groups excluding carboxylic acids is 1. The molecule has 0 heterocycles. The minimum absolute atomic E-state index is 0.162. The van der Waals surface area contributed by atoms with Gasteiger partial charge in [0.2, 0.25) is 5.91 Å². The van der Waals surface area contributed by atoms with Crippen molar-refractivity contribution >= 4 is 5.91 Å². The predicted octanol–water partition coefficient (Wildman–Crippen LogP) is 1.88. The Kier molecular flexibility index (Phi) is 5.08. The summed E-state index contributed by atoms with van der Waals surface area (Å²) in [5.74, 6) is 0.267. The van der Waals surface area contributed by atoms with Gasteiger partial charge in [0.15, 0.2) is 0 Å². The lowest BCUT2D eigenvalue weighted by molar-refractivity contribution is -0.127. The Balaban J connectivity index is 2.14. The van der Waals surface area contributed by atoms with Crippen molar-refractivity contribution in [2.45, 2.75) is 76.9 Å². The third kappa shape index (κ3) is 3.34. The zero-order valence-corrected chi connectivity index (χ0v) is 13.3. The molecule has 0 aromatic rings. The Bertz CT molecular complexity index is 335. The van der Waals surface area contributed by atoms with E-state index in [1.807, 2.05) is 0 Å². The third-order valence-corrected chi connectivity index (χ3v) is 4.96. The molecule has 1 unspecified atom stereocenters. The van der Waals surface area contributed by atoms with E-state index >= 15 is 0 Å². The van der Waals surface area contributed by atoms with Gasteiger partial charge in [0, 0.05) is 18.6 Å². The van der Waals surface area contributed by atoms with Crippen LogP contribution in [0.2, 0.25) is 0 Å². The standard InChI is InChI=1S/C16H31N3O/c1-4-19(14-7-5-6-8-14)11-16(15(17)20,13-9-10-13)18-12(2)3/h12-14,18H,4-11H2,1-3H3,(H2,17,20). The molecule has 4 nitrogen and oxygen atoms in total. The van der Waals surface area contributed by atoms with E-state index in [4.69, 9.17) is 5.73 Å². The summed E-state index contributed by atoms with van der Waals surface area (Å²) in [5, 5.41) is 3.53. The van der Waals surface area contributed by atoms with Crippen molar-refractivity contribution in [1.82, 2.24) is 10.2 Å². The van der Waals surface area contributed by atoms with Crippen LogP contribution >= 0.6 is 0 Å². The summed E-state index contributed by atoms with van der Waals surface area (Å²) in [6.45, 7) is 8.20. The van der Waals surface area contributed by atoms with E-state index in [1.165, 1.54) is 25.7 Å². The molecule has 2 saturated carbocycles. The Hall–Kier alpha value is -0.610. The fourth-order valence-corrected chi connectivity index (χ4v) is 3.82. The number of carbonyl (C=O) groups is 1. The first-order valence-electron chi connectivity index (χ1n) is 8.31. The molecule has 0 aliphatic heterocycles. The predicted molar refractivity (Wildman–Crippen MR) is 82.4 cm³/mol. The molecule has 0 bridgehead atoms. The Morgan fingerprint density at radius 2 is 1.90 bits per heavy atom. The first-order valence-corrected chi connectivity index (χ1v) is 8.31. The van der Waals surface area contributed by atoms with Crippen molar-refractivity contribution < 1.29 is 4.79 Å². The molecule has 1 amide bonds. The summed E-state index contributed by atoms with van der Waals surface area (Å²) in [4.78, 5) is 14.7. The van der Waals surface area contributed by atoms with Crippen LogP contribution in [-0.2, 0) is 4.79 Å².